The molecule has 21 heavy (non-hydrogen) atoms. The van der Waals surface area contributed by atoms with E-state index in [4.69, 9.17) is 9.47 Å². The molecule has 0 fully saturated rings. The summed E-state index contributed by atoms with van der Waals surface area (Å²) < 4.78 is 11.3. The lowest BCUT2D eigenvalue weighted by molar-refractivity contribution is -0.385. The lowest BCUT2D eigenvalue weighted by atomic mass is 10.1. The maximum Gasteiger partial charge on any atom is 0.274 e. The van der Waals surface area contributed by atoms with E-state index in [0.717, 1.165) is 10.2 Å². The number of hydrogen-bond acceptors (Lipinski definition) is 5. The van der Waals surface area contributed by atoms with Crippen molar-refractivity contribution in [2.24, 2.45) is 0 Å². The standard InChI is InChI=1S/C14H11BrN2O4/c15-10-1-3-12(17(18)19)9(5-10)7-16-11-2-4-13-14(6-11)21-8-20-13/h1-6,16H,7-8H2. The number of nitro groups is 1. The summed E-state index contributed by atoms with van der Waals surface area (Å²) in [4.78, 5) is 10.6. The van der Waals surface area contributed by atoms with Gasteiger partial charge in [0.25, 0.3) is 5.69 Å². The zero-order chi connectivity index (χ0) is 14.8. The van der Waals surface area contributed by atoms with Gasteiger partial charge >= 0.3 is 0 Å². The molecule has 1 N–H and O–H groups in total. The van der Waals surface area contributed by atoms with E-state index in [0.29, 0.717) is 23.6 Å². The summed E-state index contributed by atoms with van der Waals surface area (Å²) in [5.74, 6) is 1.37. The van der Waals surface area contributed by atoms with Crippen LogP contribution >= 0.6 is 15.9 Å². The summed E-state index contributed by atoms with van der Waals surface area (Å²) in [6, 6.07) is 10.3. The number of nitrogens with zero attached hydrogens (tertiary/aromatic N) is 1. The Balaban J connectivity index is 1.78. The monoisotopic (exact) mass is 350 g/mol. The Morgan fingerprint density at radius 1 is 1.19 bits per heavy atom. The van der Waals surface area contributed by atoms with Crippen molar-refractivity contribution in [3.63, 3.8) is 0 Å². The highest BCUT2D eigenvalue weighted by Crippen LogP contribution is 2.34. The van der Waals surface area contributed by atoms with Crippen molar-refractivity contribution in [3.8, 4) is 11.5 Å². The van der Waals surface area contributed by atoms with Crippen LogP contribution in [0.15, 0.2) is 40.9 Å². The lowest BCUT2D eigenvalue weighted by Crippen LogP contribution is -2.03. The van der Waals surface area contributed by atoms with Crippen LogP contribution in [0, 0.1) is 10.1 Å². The van der Waals surface area contributed by atoms with Gasteiger partial charge in [0.15, 0.2) is 11.5 Å². The van der Waals surface area contributed by atoms with E-state index in [9.17, 15) is 10.1 Å². The first-order chi connectivity index (χ1) is 10.1. The van der Waals surface area contributed by atoms with E-state index in [1.165, 1.54) is 6.07 Å². The molecule has 0 spiro atoms. The van der Waals surface area contributed by atoms with Gasteiger partial charge in [-0.2, -0.15) is 0 Å². The second-order valence-corrected chi connectivity index (χ2v) is 5.37. The number of halogens is 1. The zero-order valence-electron chi connectivity index (χ0n) is 10.8. The molecular weight excluding hydrogens is 340 g/mol. The summed E-state index contributed by atoms with van der Waals surface area (Å²) in [7, 11) is 0. The fourth-order valence-electron chi connectivity index (χ4n) is 2.08. The molecule has 0 bridgehead atoms. The van der Waals surface area contributed by atoms with Gasteiger partial charge in [0.2, 0.25) is 6.79 Å². The quantitative estimate of drug-likeness (QED) is 0.672. The summed E-state index contributed by atoms with van der Waals surface area (Å²) in [5.41, 5.74) is 1.51. The van der Waals surface area contributed by atoms with Crippen LogP contribution in [0.3, 0.4) is 0 Å². The van der Waals surface area contributed by atoms with Crippen molar-refractivity contribution in [3.05, 3.63) is 56.5 Å². The third-order valence-corrected chi connectivity index (χ3v) is 3.59. The fraction of sp³-hybridized carbons (Fsp3) is 0.143. The minimum absolute atomic E-state index is 0.0893. The Bertz CT molecular complexity index is 705. The lowest BCUT2D eigenvalue weighted by Gasteiger charge is -2.08. The van der Waals surface area contributed by atoms with Crippen LogP contribution in [0.2, 0.25) is 0 Å². The number of nitro benzene ring substituents is 1. The number of rotatable bonds is 4. The number of hydrogen-bond donors (Lipinski definition) is 1. The minimum atomic E-state index is -0.386. The van der Waals surface area contributed by atoms with Gasteiger partial charge < -0.3 is 14.8 Å². The smallest absolute Gasteiger partial charge is 0.274 e. The number of anilines is 1. The number of nitrogens with one attached hydrogen (secondary N) is 1. The molecule has 7 heteroatoms. The van der Waals surface area contributed by atoms with Crippen LogP contribution in [0.1, 0.15) is 5.56 Å². The second-order valence-electron chi connectivity index (χ2n) is 4.45. The van der Waals surface area contributed by atoms with Crippen LogP contribution in [0.25, 0.3) is 0 Å². The Hall–Kier alpha value is -2.28. The Morgan fingerprint density at radius 2 is 2.00 bits per heavy atom. The predicted molar refractivity (Wildman–Crippen MR) is 80.7 cm³/mol. The first-order valence-corrected chi connectivity index (χ1v) is 6.99. The fourth-order valence-corrected chi connectivity index (χ4v) is 2.49. The van der Waals surface area contributed by atoms with E-state index in [-0.39, 0.29) is 17.4 Å². The molecule has 108 valence electrons. The molecule has 0 radical (unpaired) electrons. The third kappa shape index (κ3) is 2.92. The summed E-state index contributed by atoms with van der Waals surface area (Å²) in [5, 5.41) is 14.2. The number of ether oxygens (including phenoxy) is 2. The van der Waals surface area contributed by atoms with Gasteiger partial charge in [-0.1, -0.05) is 15.9 Å². The van der Waals surface area contributed by atoms with E-state index >= 15 is 0 Å². The molecule has 0 unspecified atom stereocenters. The van der Waals surface area contributed by atoms with Gasteiger partial charge in [0, 0.05) is 34.4 Å². The first-order valence-electron chi connectivity index (χ1n) is 6.20. The summed E-state index contributed by atoms with van der Waals surface area (Å²) in [6.07, 6.45) is 0. The van der Waals surface area contributed by atoms with Crippen molar-refractivity contribution in [1.82, 2.24) is 0 Å². The molecule has 0 aromatic heterocycles. The van der Waals surface area contributed by atoms with E-state index in [2.05, 4.69) is 21.2 Å². The molecule has 0 saturated carbocycles. The molecule has 0 amide bonds. The highest BCUT2D eigenvalue weighted by molar-refractivity contribution is 9.10. The largest absolute Gasteiger partial charge is 0.454 e. The topological polar surface area (TPSA) is 73.6 Å². The normalized spacial score (nSPS) is 12.2. The Kier molecular flexibility index (Phi) is 3.66. The van der Waals surface area contributed by atoms with Crippen LogP contribution in [-0.4, -0.2) is 11.7 Å². The van der Waals surface area contributed by atoms with Crippen LogP contribution in [0.5, 0.6) is 11.5 Å². The number of benzene rings is 2. The Morgan fingerprint density at radius 3 is 2.81 bits per heavy atom. The van der Waals surface area contributed by atoms with Gasteiger partial charge in [0.1, 0.15) is 0 Å². The molecule has 6 nitrogen and oxygen atoms in total. The molecular formula is C14H11BrN2O4. The third-order valence-electron chi connectivity index (χ3n) is 3.09. The van der Waals surface area contributed by atoms with E-state index in [1.807, 2.05) is 12.1 Å². The molecule has 2 aromatic rings. The van der Waals surface area contributed by atoms with Gasteiger partial charge in [0.05, 0.1) is 4.92 Å². The average Bonchev–Trinajstić information content (AvgIpc) is 2.92. The predicted octanol–water partition coefficient (Wildman–Crippen LogP) is 3.70. The Labute approximate surface area is 129 Å². The first kappa shape index (κ1) is 13.7. The molecule has 1 heterocycles. The SMILES string of the molecule is O=[N+]([O-])c1ccc(Br)cc1CNc1ccc2c(c1)OCO2. The van der Waals surface area contributed by atoms with Crippen LogP contribution in [0.4, 0.5) is 11.4 Å². The molecule has 1 aliphatic rings. The van der Waals surface area contributed by atoms with E-state index < -0.39 is 0 Å². The van der Waals surface area contributed by atoms with Gasteiger partial charge in [-0.25, -0.2) is 0 Å². The number of fused-ring (bicyclic) bond motifs is 1. The van der Waals surface area contributed by atoms with Crippen molar-refractivity contribution in [1.29, 1.82) is 0 Å². The van der Waals surface area contributed by atoms with Gasteiger partial charge in [-0.15, -0.1) is 0 Å². The van der Waals surface area contributed by atoms with Crippen molar-refractivity contribution in [2.75, 3.05) is 12.1 Å². The molecule has 1 aliphatic heterocycles. The average molecular weight is 351 g/mol. The summed E-state index contributed by atoms with van der Waals surface area (Å²) >= 11 is 3.33. The molecule has 0 atom stereocenters. The highest BCUT2D eigenvalue weighted by Gasteiger charge is 2.15. The highest BCUT2D eigenvalue weighted by atomic mass is 79.9. The molecule has 3 rings (SSSR count). The van der Waals surface area contributed by atoms with Crippen LogP contribution < -0.4 is 14.8 Å². The molecule has 0 saturated heterocycles. The van der Waals surface area contributed by atoms with Gasteiger partial charge in [-0.3, -0.25) is 10.1 Å². The van der Waals surface area contributed by atoms with Crippen molar-refractivity contribution < 1.29 is 14.4 Å². The van der Waals surface area contributed by atoms with E-state index in [1.54, 1.807) is 18.2 Å². The maximum atomic E-state index is 11.0. The minimum Gasteiger partial charge on any atom is -0.454 e. The van der Waals surface area contributed by atoms with Crippen molar-refractivity contribution in [2.45, 2.75) is 6.54 Å². The van der Waals surface area contributed by atoms with Crippen molar-refractivity contribution >= 4 is 27.3 Å². The van der Waals surface area contributed by atoms with Crippen LogP contribution in [-0.2, 0) is 6.54 Å². The zero-order valence-corrected chi connectivity index (χ0v) is 12.4. The molecule has 2 aromatic carbocycles. The second kappa shape index (κ2) is 5.61. The maximum absolute atomic E-state index is 11.0. The summed E-state index contributed by atoms with van der Waals surface area (Å²) in [6.45, 7) is 0.561. The van der Waals surface area contributed by atoms with Gasteiger partial charge in [-0.05, 0) is 24.3 Å². The molecule has 0 aliphatic carbocycles.